The number of hydrogen-bond acceptors (Lipinski definition) is 8. The second-order valence-electron chi connectivity index (χ2n) is 10.5. The zero-order valence-corrected chi connectivity index (χ0v) is 26.2. The fraction of sp³-hybridized carbons (Fsp3) is 0.344. The van der Waals surface area contributed by atoms with Crippen LogP contribution in [0.3, 0.4) is 0 Å². The third-order valence-electron chi connectivity index (χ3n) is 7.95. The van der Waals surface area contributed by atoms with Crippen LogP contribution < -0.4 is 14.4 Å². The Balaban J connectivity index is 1.77. The van der Waals surface area contributed by atoms with Crippen LogP contribution in [0, 0.1) is 27.7 Å². The highest BCUT2D eigenvalue weighted by atomic mass is 32.2. The van der Waals surface area contributed by atoms with Gasteiger partial charge in [-0.25, -0.2) is 18.1 Å². The van der Waals surface area contributed by atoms with E-state index < -0.39 is 33.8 Å². The average Bonchev–Trinajstić information content (AvgIpc) is 3.28. The minimum absolute atomic E-state index is 0.0670. The van der Waals surface area contributed by atoms with Crippen molar-refractivity contribution in [3.63, 3.8) is 0 Å². The van der Waals surface area contributed by atoms with E-state index in [0.29, 0.717) is 22.6 Å². The van der Waals surface area contributed by atoms with Gasteiger partial charge in [-0.3, -0.25) is 9.59 Å². The number of nitrogens with zero attached hydrogens (tertiary/aromatic N) is 2. The molecule has 1 saturated heterocycles. The predicted molar refractivity (Wildman–Crippen MR) is 161 cm³/mol. The first-order valence-corrected chi connectivity index (χ1v) is 15.1. The number of hydrogen-bond donors (Lipinski definition) is 0. The monoisotopic (exact) mass is 608 g/mol. The van der Waals surface area contributed by atoms with Gasteiger partial charge < -0.3 is 14.2 Å². The normalized spacial score (nSPS) is 15.3. The number of aryl methyl sites for hydroxylation is 2. The highest BCUT2D eigenvalue weighted by Gasteiger charge is 2.47. The third kappa shape index (κ3) is 6.00. The Bertz CT molecular complexity index is 1660. The van der Waals surface area contributed by atoms with E-state index in [-0.39, 0.29) is 35.5 Å². The Labute approximate surface area is 252 Å². The highest BCUT2D eigenvalue weighted by molar-refractivity contribution is 7.89. The van der Waals surface area contributed by atoms with E-state index in [2.05, 4.69) is 0 Å². The number of benzene rings is 3. The summed E-state index contributed by atoms with van der Waals surface area (Å²) in [5.41, 5.74) is 4.05. The molecular weight excluding hydrogens is 572 g/mol. The number of methoxy groups -OCH3 is 3. The van der Waals surface area contributed by atoms with Crippen molar-refractivity contribution in [1.82, 2.24) is 4.31 Å². The molecule has 3 aromatic rings. The molecule has 0 spiro atoms. The van der Waals surface area contributed by atoms with Gasteiger partial charge >= 0.3 is 5.97 Å². The van der Waals surface area contributed by atoms with Crippen molar-refractivity contribution in [2.45, 2.75) is 51.5 Å². The van der Waals surface area contributed by atoms with Crippen LogP contribution in [0.5, 0.6) is 11.5 Å². The van der Waals surface area contributed by atoms with E-state index in [9.17, 15) is 22.8 Å². The molecule has 1 fully saturated rings. The number of carbonyl (C=O) groups excluding carboxylic acids is 3. The van der Waals surface area contributed by atoms with E-state index in [1.54, 1.807) is 32.0 Å². The van der Waals surface area contributed by atoms with Crippen LogP contribution in [-0.4, -0.2) is 64.4 Å². The van der Waals surface area contributed by atoms with Crippen LogP contribution in [0.25, 0.3) is 0 Å². The average molecular weight is 609 g/mol. The van der Waals surface area contributed by atoms with Crippen LogP contribution in [0.2, 0.25) is 0 Å². The summed E-state index contributed by atoms with van der Waals surface area (Å²) >= 11 is 0. The number of imide groups is 1. The molecule has 11 heteroatoms. The molecule has 0 aromatic heterocycles. The van der Waals surface area contributed by atoms with Crippen molar-refractivity contribution < 1.29 is 37.0 Å². The molecule has 228 valence electrons. The van der Waals surface area contributed by atoms with Gasteiger partial charge in [0.15, 0.2) is 11.5 Å². The topological polar surface area (TPSA) is 120 Å². The molecular formula is C32H36N2O8S. The molecule has 4 rings (SSSR count). The molecule has 0 N–H and O–H groups in total. The maximum absolute atomic E-state index is 14.5. The van der Waals surface area contributed by atoms with E-state index in [1.807, 2.05) is 19.9 Å². The van der Waals surface area contributed by atoms with Crippen molar-refractivity contribution in [3.05, 3.63) is 81.9 Å². The van der Waals surface area contributed by atoms with Crippen molar-refractivity contribution in [1.29, 1.82) is 0 Å². The lowest BCUT2D eigenvalue weighted by molar-refractivity contribution is -0.122. The Morgan fingerprint density at radius 1 is 0.884 bits per heavy atom. The van der Waals surface area contributed by atoms with Gasteiger partial charge in [0.2, 0.25) is 15.9 Å². The Kier molecular flexibility index (Phi) is 9.26. The molecule has 1 aliphatic rings. The third-order valence-corrected chi connectivity index (χ3v) is 10.1. The second-order valence-corrected chi connectivity index (χ2v) is 12.3. The minimum atomic E-state index is -4.26. The van der Waals surface area contributed by atoms with Gasteiger partial charge in [-0.2, -0.15) is 4.31 Å². The minimum Gasteiger partial charge on any atom is -0.493 e. The van der Waals surface area contributed by atoms with Crippen molar-refractivity contribution in [2.75, 3.05) is 32.8 Å². The van der Waals surface area contributed by atoms with Crippen LogP contribution in [-0.2, 0) is 30.8 Å². The summed E-state index contributed by atoms with van der Waals surface area (Å²) in [5, 5.41) is 0. The van der Waals surface area contributed by atoms with Crippen LogP contribution in [0.15, 0.2) is 53.4 Å². The van der Waals surface area contributed by atoms with Gasteiger partial charge in [-0.15, -0.1) is 0 Å². The Morgan fingerprint density at radius 3 is 2.05 bits per heavy atom. The smallest absolute Gasteiger partial charge is 0.337 e. The molecule has 1 aliphatic heterocycles. The summed E-state index contributed by atoms with van der Waals surface area (Å²) in [4.78, 5) is 40.1. The van der Waals surface area contributed by atoms with Gasteiger partial charge in [0.25, 0.3) is 5.91 Å². The summed E-state index contributed by atoms with van der Waals surface area (Å²) < 4.78 is 45.6. The zero-order valence-electron chi connectivity index (χ0n) is 25.4. The number of esters is 1. The lowest BCUT2D eigenvalue weighted by Crippen LogP contribution is -2.46. The summed E-state index contributed by atoms with van der Waals surface area (Å²) in [7, 11) is 0.0368. The molecule has 3 aromatic carbocycles. The SMILES string of the molecule is COC(=O)c1ccc(N2C(=O)CC(N(CCc3ccc(OC)c(OC)c3)S(=O)(=O)c3c(C)c(C)cc(C)c3C)C2=O)cc1. The number of sulfonamides is 1. The molecule has 0 saturated carbocycles. The molecule has 10 nitrogen and oxygen atoms in total. The molecule has 0 bridgehead atoms. The van der Waals surface area contributed by atoms with E-state index in [1.165, 1.54) is 45.6 Å². The number of anilines is 1. The second kappa shape index (κ2) is 12.6. The molecule has 1 unspecified atom stereocenters. The van der Waals surface area contributed by atoms with Crippen molar-refractivity contribution in [2.24, 2.45) is 0 Å². The summed E-state index contributed by atoms with van der Waals surface area (Å²) in [5.74, 6) is -0.741. The number of amides is 2. The van der Waals surface area contributed by atoms with Gasteiger partial charge in [-0.05, 0) is 98.3 Å². The molecule has 2 amide bonds. The first-order chi connectivity index (χ1) is 20.3. The summed E-state index contributed by atoms with van der Waals surface area (Å²) in [6.45, 7) is 7.12. The summed E-state index contributed by atoms with van der Waals surface area (Å²) in [6.07, 6.45) is -0.0834. The fourth-order valence-corrected chi connectivity index (χ4v) is 7.54. The molecule has 1 heterocycles. The first-order valence-electron chi connectivity index (χ1n) is 13.7. The van der Waals surface area contributed by atoms with Gasteiger partial charge in [0.05, 0.1) is 43.9 Å². The maximum atomic E-state index is 14.5. The number of carbonyl (C=O) groups is 3. The van der Waals surface area contributed by atoms with Crippen molar-refractivity contribution in [3.8, 4) is 11.5 Å². The lowest BCUT2D eigenvalue weighted by Gasteiger charge is -2.29. The van der Waals surface area contributed by atoms with Gasteiger partial charge in [-0.1, -0.05) is 12.1 Å². The molecule has 0 aliphatic carbocycles. The molecule has 1 atom stereocenters. The van der Waals surface area contributed by atoms with Crippen LogP contribution in [0.1, 0.15) is 44.6 Å². The highest BCUT2D eigenvalue weighted by Crippen LogP contribution is 2.34. The maximum Gasteiger partial charge on any atom is 0.337 e. The Morgan fingerprint density at radius 2 is 1.49 bits per heavy atom. The fourth-order valence-electron chi connectivity index (χ4n) is 5.38. The van der Waals surface area contributed by atoms with E-state index in [4.69, 9.17) is 14.2 Å². The predicted octanol–water partition coefficient (Wildman–Crippen LogP) is 4.29. The first kappa shape index (κ1) is 31.7. The van der Waals surface area contributed by atoms with Gasteiger partial charge in [0, 0.05) is 6.54 Å². The van der Waals surface area contributed by atoms with Crippen LogP contribution in [0.4, 0.5) is 5.69 Å². The Hall–Kier alpha value is -4.22. The quantitative estimate of drug-likeness (QED) is 0.247. The largest absolute Gasteiger partial charge is 0.493 e. The standard InChI is InChI=1S/C32H36N2O8S/c1-19-16-20(2)22(4)30(21(19)3)43(38,39)33(15-14-23-8-13-27(40-5)28(17-23)41-6)26-18-29(35)34(31(26)36)25-11-9-24(10-12-25)32(37)42-7/h8-13,16-17,26H,14-15,18H2,1-7H3. The van der Waals surface area contributed by atoms with E-state index in [0.717, 1.165) is 25.9 Å². The number of rotatable bonds is 10. The summed E-state index contributed by atoms with van der Waals surface area (Å²) in [6, 6.07) is 11.8. The van der Waals surface area contributed by atoms with E-state index >= 15 is 0 Å². The van der Waals surface area contributed by atoms with Gasteiger partial charge in [0.1, 0.15) is 6.04 Å². The molecule has 0 radical (unpaired) electrons. The van der Waals surface area contributed by atoms with Crippen LogP contribution >= 0.6 is 0 Å². The van der Waals surface area contributed by atoms with Crippen molar-refractivity contribution >= 4 is 33.5 Å². The molecule has 43 heavy (non-hydrogen) atoms. The number of ether oxygens (including phenoxy) is 3. The lowest BCUT2D eigenvalue weighted by atomic mass is 10.0. The zero-order chi connectivity index (χ0) is 31.6.